The van der Waals surface area contributed by atoms with E-state index in [0.717, 1.165) is 11.5 Å². The van der Waals surface area contributed by atoms with Crippen molar-refractivity contribution in [3.8, 4) is 0 Å². The van der Waals surface area contributed by atoms with Crippen LogP contribution in [-0.2, 0) is 25.3 Å². The molecule has 0 heterocycles. The van der Waals surface area contributed by atoms with Gasteiger partial charge in [-0.15, -0.1) is 0 Å². The predicted octanol–water partition coefficient (Wildman–Crippen LogP) is 1.12. The van der Waals surface area contributed by atoms with Gasteiger partial charge in [-0.25, -0.2) is 0 Å². The van der Waals surface area contributed by atoms with E-state index < -0.39 is 0 Å². The Morgan fingerprint density at radius 2 is 0.700 bits per heavy atom. The van der Waals surface area contributed by atoms with Gasteiger partial charge in [0.25, 0.3) is 0 Å². The van der Waals surface area contributed by atoms with Gasteiger partial charge < -0.3 is 55.0 Å². The monoisotopic (exact) mass is 206 g/mol. The molecule has 0 unspecified atom stereocenters. The zero-order valence-corrected chi connectivity index (χ0v) is 11.3. The fraction of sp³-hybridized carbons (Fsp3) is 0.333. The van der Waals surface area contributed by atoms with E-state index in [0.29, 0.717) is 0 Å². The summed E-state index contributed by atoms with van der Waals surface area (Å²) in [4.78, 5) is 0. The molecular weight excluding hydrogens is 190 g/mol. The van der Waals surface area contributed by atoms with Crippen molar-refractivity contribution in [1.82, 2.24) is 0 Å². The van der Waals surface area contributed by atoms with Crippen molar-refractivity contribution in [2.24, 2.45) is 0 Å². The fourth-order valence-electron chi connectivity index (χ4n) is 0. The standard InChI is InChI=1S/C2H6S2.4CH3.2Al/c3-1-2-4;;;;;;/h3-4H,1-2H2;4*1H3;;/q;4*-1;2*+3/p-2. The molecule has 58 valence electrons. The molecule has 0 spiro atoms. The Hall–Kier alpha value is 1.76. The Morgan fingerprint density at radius 1 is 0.600 bits per heavy atom. The van der Waals surface area contributed by atoms with Crippen molar-refractivity contribution in [3.05, 3.63) is 29.7 Å². The van der Waals surface area contributed by atoms with E-state index in [1.165, 1.54) is 0 Å². The van der Waals surface area contributed by atoms with Gasteiger partial charge in [0.15, 0.2) is 0 Å². The van der Waals surface area contributed by atoms with Crippen LogP contribution in [0.3, 0.4) is 0 Å². The summed E-state index contributed by atoms with van der Waals surface area (Å²) in [6, 6.07) is 0. The van der Waals surface area contributed by atoms with E-state index in [2.05, 4.69) is 25.3 Å². The maximum Gasteiger partial charge on any atom is 3.00 e. The summed E-state index contributed by atoms with van der Waals surface area (Å²) in [5.74, 6) is 1.44. The second-order valence-electron chi connectivity index (χ2n) is 0.408. The van der Waals surface area contributed by atoms with Crippen LogP contribution < -0.4 is 0 Å². The van der Waals surface area contributed by atoms with Crippen LogP contribution in [0, 0.1) is 29.7 Å². The van der Waals surface area contributed by atoms with Crippen LogP contribution in [0.15, 0.2) is 0 Å². The quantitative estimate of drug-likeness (QED) is 0.358. The average molecular weight is 206 g/mol. The summed E-state index contributed by atoms with van der Waals surface area (Å²) >= 11 is 8.90. The van der Waals surface area contributed by atoms with Crippen LogP contribution in [0.25, 0.3) is 0 Å². The van der Waals surface area contributed by atoms with Gasteiger partial charge in [0.05, 0.1) is 0 Å². The molecule has 0 aromatic heterocycles. The van der Waals surface area contributed by atoms with Crippen molar-refractivity contribution < 1.29 is 0 Å². The van der Waals surface area contributed by atoms with E-state index >= 15 is 0 Å². The molecule has 0 aliphatic heterocycles. The normalized spacial score (nSPS) is 3.00. The second kappa shape index (κ2) is 72.4. The third kappa shape index (κ3) is 98.1. The molecule has 0 fully saturated rings. The van der Waals surface area contributed by atoms with Crippen LogP contribution >= 0.6 is 0 Å². The summed E-state index contributed by atoms with van der Waals surface area (Å²) in [5, 5.41) is 0. The van der Waals surface area contributed by atoms with Gasteiger partial charge in [-0.3, -0.25) is 0 Å². The molecule has 0 aromatic carbocycles. The summed E-state index contributed by atoms with van der Waals surface area (Å²) in [6.07, 6.45) is 0. The van der Waals surface area contributed by atoms with E-state index in [1.807, 2.05) is 0 Å². The molecular formula is C6H16Al2S2. The van der Waals surface area contributed by atoms with Crippen LogP contribution in [0.1, 0.15) is 0 Å². The SMILES string of the molecule is [Al+3].[Al+3].[CH3-].[CH3-].[CH3-].[CH3-].[S-]CC[S-]. The minimum absolute atomic E-state index is 0. The number of hydrogen-bond donors (Lipinski definition) is 0. The van der Waals surface area contributed by atoms with Crippen LogP contribution in [0.5, 0.6) is 0 Å². The smallest absolute Gasteiger partial charge is 0.794 e. The Balaban J connectivity index is -0.00000000300. The average Bonchev–Trinajstić information content (AvgIpc) is 1.37. The molecule has 4 heteroatoms. The Morgan fingerprint density at radius 3 is 0.700 bits per heavy atom. The van der Waals surface area contributed by atoms with E-state index in [9.17, 15) is 0 Å². The molecule has 0 bridgehead atoms. The van der Waals surface area contributed by atoms with Crippen molar-refractivity contribution in [2.45, 2.75) is 0 Å². The summed E-state index contributed by atoms with van der Waals surface area (Å²) in [5.41, 5.74) is 0. The van der Waals surface area contributed by atoms with Crippen molar-refractivity contribution in [1.29, 1.82) is 0 Å². The predicted molar refractivity (Wildman–Crippen MR) is 61.6 cm³/mol. The molecule has 0 atom stereocenters. The fourth-order valence-corrected chi connectivity index (χ4v) is 0. The van der Waals surface area contributed by atoms with Crippen LogP contribution in [-0.4, -0.2) is 46.2 Å². The minimum atomic E-state index is 0. The first-order chi connectivity index (χ1) is 1.91. The van der Waals surface area contributed by atoms with Crippen molar-refractivity contribution in [3.63, 3.8) is 0 Å². The minimum Gasteiger partial charge on any atom is -0.794 e. The maximum absolute atomic E-state index is 4.45. The third-order valence-corrected chi connectivity index (χ3v) is 0.750. The summed E-state index contributed by atoms with van der Waals surface area (Å²) in [6.45, 7) is 0. The largest absolute Gasteiger partial charge is 3.00 e. The van der Waals surface area contributed by atoms with E-state index in [-0.39, 0.29) is 64.4 Å². The summed E-state index contributed by atoms with van der Waals surface area (Å²) < 4.78 is 0. The van der Waals surface area contributed by atoms with E-state index in [1.54, 1.807) is 0 Å². The first-order valence-corrected chi connectivity index (χ1v) is 2.23. The molecule has 0 N–H and O–H groups in total. The molecule has 0 aliphatic rings. The molecule has 0 aromatic rings. The van der Waals surface area contributed by atoms with Crippen LogP contribution in [0.4, 0.5) is 0 Å². The van der Waals surface area contributed by atoms with Gasteiger partial charge in [0.2, 0.25) is 0 Å². The molecule has 0 aliphatic carbocycles. The molecule has 0 saturated carbocycles. The third-order valence-electron chi connectivity index (χ3n) is 0.0833. The number of rotatable bonds is 1. The second-order valence-corrected chi connectivity index (χ2v) is 1.22. The van der Waals surface area contributed by atoms with Gasteiger partial charge in [-0.2, -0.15) is 11.5 Å². The van der Waals surface area contributed by atoms with Crippen molar-refractivity contribution in [2.75, 3.05) is 11.5 Å². The maximum atomic E-state index is 4.45. The van der Waals surface area contributed by atoms with Crippen LogP contribution in [0.2, 0.25) is 0 Å². The molecule has 10 heavy (non-hydrogen) atoms. The molecule has 0 saturated heterocycles. The van der Waals surface area contributed by atoms with Crippen molar-refractivity contribution >= 4 is 60.0 Å². The van der Waals surface area contributed by atoms with Gasteiger partial charge >= 0.3 is 34.7 Å². The Kier molecular flexibility index (Phi) is 435. The molecule has 0 amide bonds. The number of hydrogen-bond acceptors (Lipinski definition) is 2. The molecule has 0 nitrogen and oxygen atoms in total. The Bertz CT molecular complexity index is 15.7. The molecule has 0 radical (unpaired) electrons. The van der Waals surface area contributed by atoms with Gasteiger partial charge in [-0.05, 0) is 0 Å². The van der Waals surface area contributed by atoms with Gasteiger partial charge in [-0.1, -0.05) is 0 Å². The van der Waals surface area contributed by atoms with E-state index in [4.69, 9.17) is 0 Å². The van der Waals surface area contributed by atoms with Gasteiger partial charge in [0, 0.05) is 0 Å². The van der Waals surface area contributed by atoms with Gasteiger partial charge in [0.1, 0.15) is 0 Å². The first-order valence-electron chi connectivity index (χ1n) is 1.08. The topological polar surface area (TPSA) is 0 Å². The zero-order chi connectivity index (χ0) is 3.41. The first kappa shape index (κ1) is 60.0. The Labute approximate surface area is 101 Å². The summed E-state index contributed by atoms with van der Waals surface area (Å²) in [7, 11) is 0. The zero-order valence-electron chi connectivity index (χ0n) is 7.39. The molecule has 0 rings (SSSR count).